The van der Waals surface area contributed by atoms with Crippen molar-refractivity contribution in [3.05, 3.63) is 57.6 Å². The number of hydrogen-bond acceptors (Lipinski definition) is 4. The Bertz CT molecular complexity index is 867. The third kappa shape index (κ3) is 4.41. The predicted molar refractivity (Wildman–Crippen MR) is 106 cm³/mol. The molecule has 7 heteroatoms. The molecule has 0 atom stereocenters. The minimum Gasteiger partial charge on any atom is -0.490 e. The van der Waals surface area contributed by atoms with Crippen LogP contribution in [0.15, 0.2) is 34.8 Å². The smallest absolute Gasteiger partial charge is 0.201 e. The summed E-state index contributed by atoms with van der Waals surface area (Å²) in [5, 5.41) is 0. The number of carbonyl (C=O) groups excluding carboxylic acids is 2. The number of anilines is 1. The van der Waals surface area contributed by atoms with Crippen LogP contribution in [0.2, 0.25) is 0 Å². The molecular formula is C21H20BrF2NO3. The largest absolute Gasteiger partial charge is 0.490 e. The van der Waals surface area contributed by atoms with Crippen molar-refractivity contribution in [2.75, 3.05) is 24.6 Å². The van der Waals surface area contributed by atoms with E-state index in [9.17, 15) is 18.4 Å². The number of nitrogens with zero attached hydrogens (tertiary/aromatic N) is 1. The van der Waals surface area contributed by atoms with E-state index >= 15 is 0 Å². The standard InChI is InChI=1S/C21H20BrF2NO3/c22-17-2-1-3-18(16(17)13-27)25-9-6-14(7-10-25)8-11-28-19-5-4-15(12-26)20(23)21(19)24/h1-5,12-14H,6-11H2. The quantitative estimate of drug-likeness (QED) is 0.553. The Morgan fingerprint density at radius 3 is 2.50 bits per heavy atom. The number of ether oxygens (including phenoxy) is 1. The van der Waals surface area contributed by atoms with Crippen LogP contribution in [0.3, 0.4) is 0 Å². The number of carbonyl (C=O) groups is 2. The first kappa shape index (κ1) is 20.5. The molecule has 0 aliphatic carbocycles. The van der Waals surface area contributed by atoms with Gasteiger partial charge in [0.1, 0.15) is 0 Å². The van der Waals surface area contributed by atoms with E-state index in [0.717, 1.165) is 48.8 Å². The van der Waals surface area contributed by atoms with Crippen LogP contribution in [0.25, 0.3) is 0 Å². The summed E-state index contributed by atoms with van der Waals surface area (Å²) in [7, 11) is 0. The summed E-state index contributed by atoms with van der Waals surface area (Å²) in [5.41, 5.74) is 1.26. The molecule has 0 bridgehead atoms. The maximum absolute atomic E-state index is 13.9. The lowest BCUT2D eigenvalue weighted by Crippen LogP contribution is -2.34. The fraction of sp³-hybridized carbons (Fsp3) is 0.333. The molecule has 1 aliphatic rings. The van der Waals surface area contributed by atoms with Gasteiger partial charge in [0.25, 0.3) is 0 Å². The molecule has 0 spiro atoms. The number of hydrogen-bond donors (Lipinski definition) is 0. The summed E-state index contributed by atoms with van der Waals surface area (Å²) in [6.45, 7) is 1.91. The zero-order valence-corrected chi connectivity index (χ0v) is 16.8. The number of benzene rings is 2. The first-order chi connectivity index (χ1) is 13.5. The van der Waals surface area contributed by atoms with Gasteiger partial charge in [0.05, 0.1) is 17.7 Å². The highest BCUT2D eigenvalue weighted by Gasteiger charge is 2.22. The topological polar surface area (TPSA) is 46.6 Å². The van der Waals surface area contributed by atoms with Gasteiger partial charge in [0, 0.05) is 23.2 Å². The lowest BCUT2D eigenvalue weighted by Gasteiger charge is -2.34. The van der Waals surface area contributed by atoms with E-state index in [1.54, 1.807) is 0 Å². The molecule has 0 N–H and O–H groups in total. The molecule has 0 saturated carbocycles. The summed E-state index contributed by atoms with van der Waals surface area (Å²) in [6, 6.07) is 8.19. The molecule has 2 aromatic rings. The van der Waals surface area contributed by atoms with Crippen molar-refractivity contribution in [3.8, 4) is 5.75 Å². The van der Waals surface area contributed by atoms with Crippen LogP contribution >= 0.6 is 15.9 Å². The molecule has 1 heterocycles. The van der Waals surface area contributed by atoms with Crippen molar-refractivity contribution in [1.82, 2.24) is 0 Å². The second kappa shape index (κ2) is 9.28. The molecule has 1 fully saturated rings. The second-order valence-corrected chi connectivity index (χ2v) is 7.61. The Balaban J connectivity index is 1.52. The monoisotopic (exact) mass is 451 g/mol. The number of rotatable bonds is 7. The maximum Gasteiger partial charge on any atom is 0.201 e. The lowest BCUT2D eigenvalue weighted by molar-refractivity contribution is 0.111. The van der Waals surface area contributed by atoms with E-state index in [0.29, 0.717) is 11.5 Å². The Kier molecular flexibility index (Phi) is 6.78. The summed E-state index contributed by atoms with van der Waals surface area (Å²) in [5.74, 6) is -2.08. The summed E-state index contributed by atoms with van der Waals surface area (Å²) in [6.07, 6.45) is 3.72. The molecule has 0 amide bonds. The Hall–Kier alpha value is -2.28. The average molecular weight is 452 g/mol. The van der Waals surface area contributed by atoms with Crippen molar-refractivity contribution < 1.29 is 23.1 Å². The van der Waals surface area contributed by atoms with Crippen LogP contribution in [0.4, 0.5) is 14.5 Å². The van der Waals surface area contributed by atoms with E-state index in [4.69, 9.17) is 4.74 Å². The number of piperidine rings is 1. The predicted octanol–water partition coefficient (Wildman–Crippen LogP) is 5.04. The van der Waals surface area contributed by atoms with Gasteiger partial charge in [-0.2, -0.15) is 4.39 Å². The van der Waals surface area contributed by atoms with Crippen LogP contribution in [0.5, 0.6) is 5.75 Å². The molecule has 4 nitrogen and oxygen atoms in total. The van der Waals surface area contributed by atoms with Gasteiger partial charge in [0.15, 0.2) is 24.1 Å². The Morgan fingerprint density at radius 2 is 1.82 bits per heavy atom. The van der Waals surface area contributed by atoms with Gasteiger partial charge in [-0.25, -0.2) is 4.39 Å². The van der Waals surface area contributed by atoms with E-state index in [1.807, 2.05) is 18.2 Å². The molecule has 0 unspecified atom stereocenters. The van der Waals surface area contributed by atoms with Crippen molar-refractivity contribution in [2.24, 2.45) is 5.92 Å². The number of halogens is 3. The van der Waals surface area contributed by atoms with Crippen molar-refractivity contribution in [2.45, 2.75) is 19.3 Å². The van der Waals surface area contributed by atoms with Crippen molar-refractivity contribution >= 4 is 34.2 Å². The third-order valence-electron chi connectivity index (χ3n) is 5.09. The zero-order chi connectivity index (χ0) is 20.1. The molecule has 148 valence electrons. The fourth-order valence-electron chi connectivity index (χ4n) is 3.47. The minimum absolute atomic E-state index is 0.176. The molecule has 1 aliphatic heterocycles. The average Bonchev–Trinajstić information content (AvgIpc) is 2.71. The SMILES string of the molecule is O=Cc1ccc(OCCC2CCN(c3cccc(Br)c3C=O)CC2)c(F)c1F. The van der Waals surface area contributed by atoms with E-state index < -0.39 is 11.6 Å². The fourth-order valence-corrected chi connectivity index (χ4v) is 3.91. The van der Waals surface area contributed by atoms with Crippen molar-refractivity contribution in [1.29, 1.82) is 0 Å². The van der Waals surface area contributed by atoms with Gasteiger partial charge in [-0.3, -0.25) is 9.59 Å². The van der Waals surface area contributed by atoms with Gasteiger partial charge in [-0.05, 0) is 65.4 Å². The highest BCUT2D eigenvalue weighted by molar-refractivity contribution is 9.10. The first-order valence-corrected chi connectivity index (χ1v) is 9.89. The second-order valence-electron chi connectivity index (χ2n) is 6.76. The van der Waals surface area contributed by atoms with Gasteiger partial charge >= 0.3 is 0 Å². The van der Waals surface area contributed by atoms with Gasteiger partial charge in [0.2, 0.25) is 5.82 Å². The Morgan fingerprint density at radius 1 is 1.07 bits per heavy atom. The van der Waals surface area contributed by atoms with Crippen LogP contribution in [0, 0.1) is 17.6 Å². The van der Waals surface area contributed by atoms with Gasteiger partial charge < -0.3 is 9.64 Å². The molecule has 2 aromatic carbocycles. The molecule has 1 saturated heterocycles. The highest BCUT2D eigenvalue weighted by Crippen LogP contribution is 2.31. The van der Waals surface area contributed by atoms with Crippen molar-refractivity contribution in [3.63, 3.8) is 0 Å². The molecular weight excluding hydrogens is 432 g/mol. The zero-order valence-electron chi connectivity index (χ0n) is 15.2. The summed E-state index contributed by atoms with van der Waals surface area (Å²) in [4.78, 5) is 24.2. The van der Waals surface area contributed by atoms with Crippen LogP contribution < -0.4 is 9.64 Å². The minimum atomic E-state index is -1.18. The van der Waals surface area contributed by atoms with Crippen LogP contribution in [-0.4, -0.2) is 32.3 Å². The molecule has 0 aromatic heterocycles. The summed E-state index contributed by atoms with van der Waals surface area (Å²) >= 11 is 3.41. The number of aldehydes is 2. The first-order valence-electron chi connectivity index (χ1n) is 9.09. The highest BCUT2D eigenvalue weighted by atomic mass is 79.9. The third-order valence-corrected chi connectivity index (χ3v) is 5.78. The van der Waals surface area contributed by atoms with Crippen LogP contribution in [-0.2, 0) is 0 Å². The Labute approximate surface area is 170 Å². The molecule has 0 radical (unpaired) electrons. The van der Waals surface area contributed by atoms with E-state index in [1.165, 1.54) is 12.1 Å². The van der Waals surface area contributed by atoms with Gasteiger partial charge in [-0.1, -0.05) is 6.07 Å². The van der Waals surface area contributed by atoms with E-state index in [-0.39, 0.29) is 24.2 Å². The summed E-state index contributed by atoms with van der Waals surface area (Å²) < 4.78 is 33.6. The van der Waals surface area contributed by atoms with E-state index in [2.05, 4.69) is 20.8 Å². The maximum atomic E-state index is 13.9. The lowest BCUT2D eigenvalue weighted by atomic mass is 9.93. The molecule has 3 rings (SSSR count). The molecule has 28 heavy (non-hydrogen) atoms. The van der Waals surface area contributed by atoms with Crippen LogP contribution in [0.1, 0.15) is 40.0 Å². The van der Waals surface area contributed by atoms with Gasteiger partial charge in [-0.15, -0.1) is 0 Å². The normalized spacial score (nSPS) is 14.8.